The molecule has 0 spiro atoms. The highest BCUT2D eigenvalue weighted by Crippen LogP contribution is 2.34. The molecule has 3 aromatic rings. The van der Waals surface area contributed by atoms with E-state index < -0.39 is 11.8 Å². The van der Waals surface area contributed by atoms with Crippen molar-refractivity contribution < 1.29 is 14.0 Å². The average molecular weight is 389 g/mol. The lowest BCUT2D eigenvalue weighted by molar-refractivity contribution is -0.136. The van der Waals surface area contributed by atoms with E-state index in [9.17, 15) is 9.59 Å². The van der Waals surface area contributed by atoms with Gasteiger partial charge in [0.05, 0.1) is 6.26 Å². The van der Waals surface area contributed by atoms with Gasteiger partial charge in [0.25, 0.3) is 0 Å². The maximum atomic E-state index is 12.4. The number of carbonyl (C=O) groups is 2. The van der Waals surface area contributed by atoms with E-state index in [1.807, 2.05) is 49.4 Å². The molecule has 2 amide bonds. The molecule has 2 aromatic carbocycles. The number of para-hydroxylation sites is 2. The number of carbonyl (C=O) groups excluding carboxylic acids is 2. The van der Waals surface area contributed by atoms with Crippen molar-refractivity contribution >= 4 is 23.2 Å². The number of rotatable bonds is 5. The minimum atomic E-state index is -0.681. The highest BCUT2D eigenvalue weighted by atomic mass is 16.3. The molecule has 6 nitrogen and oxygen atoms in total. The van der Waals surface area contributed by atoms with Gasteiger partial charge in [-0.2, -0.15) is 0 Å². The molecule has 29 heavy (non-hydrogen) atoms. The van der Waals surface area contributed by atoms with E-state index in [0.717, 1.165) is 30.0 Å². The summed E-state index contributed by atoms with van der Waals surface area (Å²) in [6, 6.07) is 19.1. The first kappa shape index (κ1) is 18.8. The largest absolute Gasteiger partial charge is 0.467 e. The van der Waals surface area contributed by atoms with Crippen LogP contribution in [-0.4, -0.2) is 24.9 Å². The fourth-order valence-electron chi connectivity index (χ4n) is 3.69. The van der Waals surface area contributed by atoms with Crippen molar-refractivity contribution in [1.82, 2.24) is 5.32 Å². The summed E-state index contributed by atoms with van der Waals surface area (Å²) in [5.41, 5.74) is 3.93. The lowest BCUT2D eigenvalue weighted by Crippen LogP contribution is -2.41. The van der Waals surface area contributed by atoms with Crippen LogP contribution in [0.3, 0.4) is 0 Å². The number of hydrogen-bond acceptors (Lipinski definition) is 4. The Morgan fingerprint density at radius 1 is 1.03 bits per heavy atom. The van der Waals surface area contributed by atoms with Crippen molar-refractivity contribution in [3.63, 3.8) is 0 Å². The summed E-state index contributed by atoms with van der Waals surface area (Å²) >= 11 is 0. The van der Waals surface area contributed by atoms with E-state index in [2.05, 4.69) is 27.7 Å². The molecule has 2 heterocycles. The number of furan rings is 1. The molecule has 1 atom stereocenters. The van der Waals surface area contributed by atoms with Crippen LogP contribution >= 0.6 is 0 Å². The molecule has 1 aliphatic heterocycles. The molecule has 0 unspecified atom stereocenters. The molecule has 0 radical (unpaired) electrons. The number of fused-ring (bicyclic) bond motifs is 1. The predicted octanol–water partition coefficient (Wildman–Crippen LogP) is 3.45. The molecule has 0 saturated heterocycles. The van der Waals surface area contributed by atoms with Crippen LogP contribution < -0.4 is 15.5 Å². The Morgan fingerprint density at radius 2 is 1.83 bits per heavy atom. The van der Waals surface area contributed by atoms with Crippen LogP contribution in [0.5, 0.6) is 0 Å². The standard InChI is InChI=1S/C23H23N3O3/c1-16-7-2-4-9-18(16)25-23(28)22(27)24-15-20(21-11-6-14-29-21)26-13-12-17-8-3-5-10-19(17)26/h2-11,14,20H,12-13,15H2,1H3,(H,24,27)(H,25,28)/t20-/m1/s1. The third-order valence-electron chi connectivity index (χ3n) is 5.23. The molecule has 6 heteroatoms. The van der Waals surface area contributed by atoms with Crippen LogP contribution in [0, 0.1) is 6.92 Å². The zero-order valence-corrected chi connectivity index (χ0v) is 16.2. The number of amides is 2. The van der Waals surface area contributed by atoms with Gasteiger partial charge in [-0.05, 0) is 48.7 Å². The van der Waals surface area contributed by atoms with E-state index in [0.29, 0.717) is 5.69 Å². The Labute approximate surface area is 169 Å². The topological polar surface area (TPSA) is 74.6 Å². The van der Waals surface area contributed by atoms with E-state index in [1.165, 1.54) is 5.56 Å². The minimum absolute atomic E-state index is 0.191. The number of nitrogens with zero attached hydrogens (tertiary/aromatic N) is 1. The smallest absolute Gasteiger partial charge is 0.313 e. The number of hydrogen-bond donors (Lipinski definition) is 2. The Bertz CT molecular complexity index is 1010. The Kier molecular flexibility index (Phi) is 5.33. The first-order valence-corrected chi connectivity index (χ1v) is 9.66. The van der Waals surface area contributed by atoms with Crippen molar-refractivity contribution in [2.45, 2.75) is 19.4 Å². The van der Waals surface area contributed by atoms with Crippen LogP contribution in [0.1, 0.15) is 22.9 Å². The maximum Gasteiger partial charge on any atom is 0.313 e. The van der Waals surface area contributed by atoms with Crippen LogP contribution in [0.2, 0.25) is 0 Å². The number of benzene rings is 2. The summed E-state index contributed by atoms with van der Waals surface area (Å²) in [6.45, 7) is 2.98. The summed E-state index contributed by atoms with van der Waals surface area (Å²) < 4.78 is 5.63. The first-order chi connectivity index (χ1) is 14.1. The molecule has 1 aromatic heterocycles. The molecular weight excluding hydrogens is 366 g/mol. The van der Waals surface area contributed by atoms with Crippen molar-refractivity contribution in [3.05, 3.63) is 83.8 Å². The second kappa shape index (κ2) is 8.22. The zero-order valence-electron chi connectivity index (χ0n) is 16.2. The lowest BCUT2D eigenvalue weighted by Gasteiger charge is -2.29. The minimum Gasteiger partial charge on any atom is -0.467 e. The molecule has 0 fully saturated rings. The summed E-state index contributed by atoms with van der Waals surface area (Å²) in [5, 5.41) is 5.43. The van der Waals surface area contributed by atoms with E-state index >= 15 is 0 Å². The molecular formula is C23H23N3O3. The van der Waals surface area contributed by atoms with Gasteiger partial charge < -0.3 is 20.0 Å². The van der Waals surface area contributed by atoms with E-state index in [4.69, 9.17) is 4.42 Å². The van der Waals surface area contributed by atoms with Gasteiger partial charge in [-0.1, -0.05) is 36.4 Å². The Morgan fingerprint density at radius 3 is 2.62 bits per heavy atom. The van der Waals surface area contributed by atoms with Crippen LogP contribution in [0.4, 0.5) is 11.4 Å². The summed E-state index contributed by atoms with van der Waals surface area (Å²) in [5.74, 6) is -0.599. The number of nitrogens with one attached hydrogen (secondary N) is 2. The second-order valence-electron chi connectivity index (χ2n) is 7.08. The van der Waals surface area contributed by atoms with Crippen LogP contribution in [0.25, 0.3) is 0 Å². The predicted molar refractivity (Wildman–Crippen MR) is 112 cm³/mol. The SMILES string of the molecule is Cc1ccccc1NC(=O)C(=O)NC[C@H](c1ccco1)N1CCc2ccccc21. The van der Waals surface area contributed by atoms with Crippen molar-refractivity contribution in [1.29, 1.82) is 0 Å². The highest BCUT2D eigenvalue weighted by Gasteiger charge is 2.29. The normalized spacial score (nSPS) is 13.6. The average Bonchev–Trinajstić information content (AvgIpc) is 3.40. The van der Waals surface area contributed by atoms with Gasteiger partial charge in [0.2, 0.25) is 0 Å². The van der Waals surface area contributed by atoms with Gasteiger partial charge in [0.1, 0.15) is 11.8 Å². The van der Waals surface area contributed by atoms with Crippen molar-refractivity contribution in [3.8, 4) is 0 Å². The van der Waals surface area contributed by atoms with Crippen molar-refractivity contribution in [2.24, 2.45) is 0 Å². The third kappa shape index (κ3) is 4.01. The lowest BCUT2D eigenvalue weighted by atomic mass is 10.1. The molecule has 4 rings (SSSR count). The molecule has 0 aliphatic carbocycles. The Hall–Kier alpha value is -3.54. The van der Waals surface area contributed by atoms with E-state index in [-0.39, 0.29) is 12.6 Å². The number of anilines is 2. The fourth-order valence-corrected chi connectivity index (χ4v) is 3.69. The molecule has 2 N–H and O–H groups in total. The van der Waals surface area contributed by atoms with Gasteiger partial charge in [-0.3, -0.25) is 9.59 Å². The van der Waals surface area contributed by atoms with Gasteiger partial charge in [-0.25, -0.2) is 0 Å². The highest BCUT2D eigenvalue weighted by molar-refractivity contribution is 6.39. The quantitative estimate of drug-likeness (QED) is 0.656. The van der Waals surface area contributed by atoms with Crippen LogP contribution in [0.15, 0.2) is 71.3 Å². The van der Waals surface area contributed by atoms with E-state index in [1.54, 1.807) is 12.3 Å². The first-order valence-electron chi connectivity index (χ1n) is 9.66. The van der Waals surface area contributed by atoms with Gasteiger partial charge >= 0.3 is 11.8 Å². The van der Waals surface area contributed by atoms with Gasteiger partial charge in [0, 0.05) is 24.5 Å². The third-order valence-corrected chi connectivity index (χ3v) is 5.23. The van der Waals surface area contributed by atoms with Crippen molar-refractivity contribution in [2.75, 3.05) is 23.3 Å². The molecule has 148 valence electrons. The molecule has 1 aliphatic rings. The molecule has 0 saturated carbocycles. The summed E-state index contributed by atoms with van der Waals surface area (Å²) in [7, 11) is 0. The molecule has 0 bridgehead atoms. The number of aryl methyl sites for hydroxylation is 1. The second-order valence-corrected chi connectivity index (χ2v) is 7.08. The summed E-state index contributed by atoms with van der Waals surface area (Å²) in [6.07, 6.45) is 2.56. The Balaban J connectivity index is 1.46. The van der Waals surface area contributed by atoms with Crippen LogP contribution in [-0.2, 0) is 16.0 Å². The monoisotopic (exact) mass is 389 g/mol. The van der Waals surface area contributed by atoms with Gasteiger partial charge in [0.15, 0.2) is 0 Å². The van der Waals surface area contributed by atoms with Gasteiger partial charge in [-0.15, -0.1) is 0 Å². The fraction of sp³-hybridized carbons (Fsp3) is 0.217. The zero-order chi connectivity index (χ0) is 20.2. The maximum absolute atomic E-state index is 12.4. The summed E-state index contributed by atoms with van der Waals surface area (Å²) in [4.78, 5) is 27.0.